The van der Waals surface area contributed by atoms with Gasteiger partial charge in [0.05, 0.1) is 32.5 Å². The number of hydrogen-bond acceptors (Lipinski definition) is 10. The predicted octanol–water partition coefficient (Wildman–Crippen LogP) is 12.3. The van der Waals surface area contributed by atoms with Crippen LogP contribution in [0.15, 0.2) is 121 Å². The van der Waals surface area contributed by atoms with Crippen molar-refractivity contribution in [3.8, 4) is 0 Å². The van der Waals surface area contributed by atoms with Crippen molar-refractivity contribution in [3.05, 3.63) is 144 Å². The van der Waals surface area contributed by atoms with Crippen LogP contribution in [0.5, 0.6) is 0 Å². The molecule has 12 nitrogen and oxygen atoms in total. The molecule has 13 heteroatoms. The minimum atomic E-state index is -4.50. The summed E-state index contributed by atoms with van der Waals surface area (Å²) >= 11 is 0. The van der Waals surface area contributed by atoms with Gasteiger partial charge in [-0.15, -0.1) is 0 Å². The number of esters is 1. The van der Waals surface area contributed by atoms with Gasteiger partial charge in [-0.3, -0.25) is 18.4 Å². The molecule has 2 amide bonds. The molecular formula is C53H73N2O10P. The lowest BCUT2D eigenvalue weighted by atomic mass is 10.0. The van der Waals surface area contributed by atoms with E-state index in [-0.39, 0.29) is 45.5 Å². The predicted molar refractivity (Wildman–Crippen MR) is 258 cm³/mol. The Hall–Kier alpha value is -4.84. The number of amides is 2. The first kappa shape index (κ1) is 53.8. The third-order valence-electron chi connectivity index (χ3n) is 10.9. The summed E-state index contributed by atoms with van der Waals surface area (Å²) in [4.78, 5) is 39.5. The molecule has 0 heterocycles. The van der Waals surface area contributed by atoms with E-state index in [9.17, 15) is 18.9 Å². The topological polar surface area (TPSA) is 148 Å². The molecule has 0 aliphatic heterocycles. The molecular weight excluding hydrogens is 856 g/mol. The Morgan fingerprint density at radius 1 is 0.500 bits per heavy atom. The Balaban J connectivity index is 1.32. The number of ether oxygens (including phenoxy) is 3. The van der Waals surface area contributed by atoms with Crippen molar-refractivity contribution in [2.45, 2.75) is 148 Å². The zero-order chi connectivity index (χ0) is 46.8. The maximum Gasteiger partial charge on any atom is 0.475 e. The van der Waals surface area contributed by atoms with Gasteiger partial charge in [-0.1, -0.05) is 218 Å². The van der Waals surface area contributed by atoms with Crippen LogP contribution < -0.4 is 10.6 Å². The van der Waals surface area contributed by atoms with Crippen LogP contribution in [-0.4, -0.2) is 49.9 Å². The number of benzene rings is 4. The summed E-state index contributed by atoms with van der Waals surface area (Å²) in [6.07, 6.45) is 17.4. The van der Waals surface area contributed by atoms with Gasteiger partial charge in [0.1, 0.15) is 13.2 Å². The van der Waals surface area contributed by atoms with Gasteiger partial charge < -0.3 is 24.8 Å². The Morgan fingerprint density at radius 2 is 0.924 bits per heavy atom. The van der Waals surface area contributed by atoms with Crippen molar-refractivity contribution in [2.75, 3.05) is 19.8 Å². The summed E-state index contributed by atoms with van der Waals surface area (Å²) in [5.41, 5.74) is 3.05. The van der Waals surface area contributed by atoms with Gasteiger partial charge in [-0.2, -0.15) is 0 Å². The molecule has 0 bridgehead atoms. The van der Waals surface area contributed by atoms with E-state index in [1.165, 1.54) is 77.0 Å². The van der Waals surface area contributed by atoms with Crippen LogP contribution in [0, 0.1) is 0 Å². The Morgan fingerprint density at radius 3 is 1.42 bits per heavy atom. The van der Waals surface area contributed by atoms with E-state index in [1.807, 2.05) is 84.9 Å². The highest BCUT2D eigenvalue weighted by atomic mass is 31.2. The van der Waals surface area contributed by atoms with Gasteiger partial charge in [0, 0.05) is 13.0 Å². The zero-order valence-electron chi connectivity index (χ0n) is 39.0. The minimum Gasteiger partial charge on any atom is -0.459 e. The van der Waals surface area contributed by atoms with Crippen LogP contribution in [-0.2, 0) is 68.4 Å². The van der Waals surface area contributed by atoms with Gasteiger partial charge in [0.25, 0.3) is 0 Å². The highest BCUT2D eigenvalue weighted by molar-refractivity contribution is 7.48. The summed E-state index contributed by atoms with van der Waals surface area (Å²) in [5, 5.41) is 5.45. The molecule has 0 saturated carbocycles. The van der Waals surface area contributed by atoms with Crippen molar-refractivity contribution in [2.24, 2.45) is 0 Å². The van der Waals surface area contributed by atoms with E-state index in [0.29, 0.717) is 12.0 Å². The van der Waals surface area contributed by atoms with Crippen LogP contribution in [0.3, 0.4) is 0 Å². The number of unbranched alkanes of at least 4 members (excludes halogenated alkanes) is 14. The number of alkyl carbamates (subject to hydrolysis) is 1. The number of carbonyl (C=O) groups is 3. The van der Waals surface area contributed by atoms with Crippen LogP contribution in [0.4, 0.5) is 4.79 Å². The van der Waals surface area contributed by atoms with Crippen LogP contribution in [0.25, 0.3) is 0 Å². The fraction of sp³-hybridized carbons (Fsp3) is 0.491. The van der Waals surface area contributed by atoms with Crippen LogP contribution in [0.2, 0.25) is 0 Å². The lowest BCUT2D eigenvalue weighted by molar-refractivity contribution is -0.148. The van der Waals surface area contributed by atoms with Gasteiger partial charge in [0.15, 0.2) is 6.04 Å². The second-order valence-electron chi connectivity index (χ2n) is 16.6. The smallest absolute Gasteiger partial charge is 0.459 e. The molecule has 0 aliphatic carbocycles. The van der Waals surface area contributed by atoms with Crippen molar-refractivity contribution >= 4 is 25.8 Å². The molecule has 4 aromatic carbocycles. The second kappa shape index (κ2) is 33.6. The number of phosphoric ester groups is 1. The third-order valence-corrected chi connectivity index (χ3v) is 12.3. The summed E-state index contributed by atoms with van der Waals surface area (Å²) < 4.78 is 49.2. The lowest BCUT2D eigenvalue weighted by Crippen LogP contribution is -2.45. The fourth-order valence-electron chi connectivity index (χ4n) is 7.01. The molecule has 4 rings (SSSR count). The average Bonchev–Trinajstić information content (AvgIpc) is 3.35. The molecule has 0 aliphatic rings. The normalized spacial score (nSPS) is 13.0. The SMILES string of the molecule is CCCCCCCCCCCCCCCCCC(=O)NC[C@H](COP(=O)(OCc1ccccc1)OC[C@H](NC(=O)OCc1ccccc1)C(=O)OCc1ccccc1)OCc1ccccc1. The molecule has 1 unspecified atom stereocenters. The van der Waals surface area contributed by atoms with E-state index in [4.69, 9.17) is 27.8 Å². The maximum absolute atomic E-state index is 14.5. The van der Waals surface area contributed by atoms with Crippen molar-refractivity contribution < 1.29 is 46.7 Å². The molecule has 2 N–H and O–H groups in total. The molecule has 66 heavy (non-hydrogen) atoms. The van der Waals surface area contributed by atoms with Gasteiger partial charge in [-0.25, -0.2) is 14.2 Å². The van der Waals surface area contributed by atoms with E-state index < -0.39 is 38.6 Å². The third kappa shape index (κ3) is 24.6. The summed E-state index contributed by atoms with van der Waals surface area (Å²) in [6.45, 7) is 1.30. The van der Waals surface area contributed by atoms with E-state index in [1.54, 1.807) is 36.4 Å². The van der Waals surface area contributed by atoms with Crippen LogP contribution in [0.1, 0.15) is 132 Å². The molecule has 4 aromatic rings. The summed E-state index contributed by atoms with van der Waals surface area (Å²) in [6, 6.07) is 35.2. The first-order valence-corrected chi connectivity index (χ1v) is 25.5. The molecule has 0 spiro atoms. The Labute approximate surface area is 393 Å². The standard InChI is InChI=1S/C53H73N2O10P/c1-2-3-4-5-6-7-8-9-10-11-12-13-14-15-28-37-51(56)54-38-49(60-39-45-29-20-16-21-30-45)43-64-66(59,63-42-48-35-26-19-27-36-48)65-44-50(52(57)61-40-46-31-22-17-23-32-46)55-53(58)62-41-47-33-24-18-25-34-47/h16-27,29-36,49-50H,2-15,28,37-44H2,1H3,(H,54,56)(H,55,58)/t49-,50+,66?/m1/s1. The number of nitrogens with one attached hydrogen (secondary N) is 2. The molecule has 0 fully saturated rings. The molecule has 3 atom stereocenters. The second-order valence-corrected chi connectivity index (χ2v) is 18.2. The average molecular weight is 929 g/mol. The first-order chi connectivity index (χ1) is 32.3. The molecule has 0 radical (unpaired) electrons. The van der Waals surface area contributed by atoms with Gasteiger partial charge >= 0.3 is 19.9 Å². The van der Waals surface area contributed by atoms with Gasteiger partial charge in [-0.05, 0) is 28.7 Å². The lowest BCUT2D eigenvalue weighted by Gasteiger charge is -2.24. The fourth-order valence-corrected chi connectivity index (χ4v) is 8.22. The number of hydrogen-bond donors (Lipinski definition) is 2. The number of phosphoric acid groups is 1. The summed E-state index contributed by atoms with van der Waals surface area (Å²) in [7, 11) is -4.50. The Kier molecular flexibility index (Phi) is 27.4. The summed E-state index contributed by atoms with van der Waals surface area (Å²) in [5.74, 6) is -0.967. The quantitative estimate of drug-likeness (QED) is 0.0257. The largest absolute Gasteiger partial charge is 0.475 e. The maximum atomic E-state index is 14.5. The minimum absolute atomic E-state index is 0.0541. The molecule has 360 valence electrons. The van der Waals surface area contributed by atoms with E-state index >= 15 is 0 Å². The molecule has 0 aromatic heterocycles. The number of carbonyl (C=O) groups excluding carboxylic acids is 3. The first-order valence-electron chi connectivity index (χ1n) is 24.0. The number of rotatable bonds is 36. The van der Waals surface area contributed by atoms with Crippen molar-refractivity contribution in [3.63, 3.8) is 0 Å². The van der Waals surface area contributed by atoms with Crippen molar-refractivity contribution in [1.29, 1.82) is 0 Å². The highest BCUT2D eigenvalue weighted by Gasteiger charge is 2.33. The highest BCUT2D eigenvalue weighted by Crippen LogP contribution is 2.50. The molecule has 0 saturated heterocycles. The Bertz CT molecular complexity index is 1920. The van der Waals surface area contributed by atoms with Crippen LogP contribution >= 0.6 is 7.82 Å². The van der Waals surface area contributed by atoms with E-state index in [2.05, 4.69) is 17.6 Å². The van der Waals surface area contributed by atoms with Gasteiger partial charge in [0.2, 0.25) is 5.91 Å². The van der Waals surface area contributed by atoms with E-state index in [0.717, 1.165) is 36.0 Å². The van der Waals surface area contributed by atoms with Crippen molar-refractivity contribution in [1.82, 2.24) is 10.6 Å². The monoisotopic (exact) mass is 929 g/mol. The zero-order valence-corrected chi connectivity index (χ0v) is 39.9.